The Kier molecular flexibility index (Phi) is 2.68. The number of hydrogen-bond donors (Lipinski definition) is 4. The van der Waals surface area contributed by atoms with Crippen molar-refractivity contribution < 1.29 is 29.9 Å². The number of ether oxygens (including phenoxy) is 2. The first-order chi connectivity index (χ1) is 12.1. The van der Waals surface area contributed by atoms with Crippen LogP contribution in [0.3, 0.4) is 0 Å². The van der Waals surface area contributed by atoms with E-state index >= 15 is 0 Å². The zero-order valence-electron chi connectivity index (χ0n) is 15.3. The molecule has 7 fully saturated rings. The van der Waals surface area contributed by atoms with Gasteiger partial charge in [0.2, 0.25) is 5.79 Å². The molecule has 3 saturated heterocycles. The van der Waals surface area contributed by atoms with Crippen molar-refractivity contribution in [3.63, 3.8) is 0 Å². The minimum Gasteiger partial charge on any atom is -0.392 e. The topological polar surface area (TPSA) is 103 Å². The van der Waals surface area contributed by atoms with E-state index < -0.39 is 34.9 Å². The second-order valence-electron chi connectivity index (χ2n) is 10.4. The van der Waals surface area contributed by atoms with Crippen LogP contribution in [0.5, 0.6) is 0 Å². The molecule has 26 heavy (non-hydrogen) atoms. The van der Waals surface area contributed by atoms with Crippen LogP contribution in [0.1, 0.15) is 33.1 Å². The highest BCUT2D eigenvalue weighted by atomic mass is 16.6. The predicted octanol–water partition coefficient (Wildman–Crippen LogP) is 0.184. The van der Waals surface area contributed by atoms with Gasteiger partial charge in [-0.05, 0) is 30.3 Å². The highest BCUT2D eigenvalue weighted by Gasteiger charge is 2.88. The molecular weight excluding hydrogens is 336 g/mol. The van der Waals surface area contributed by atoms with E-state index in [9.17, 15) is 20.4 Å². The van der Waals surface area contributed by atoms with Crippen molar-refractivity contribution in [2.45, 2.75) is 69.4 Å². The average molecular weight is 364 g/mol. The van der Waals surface area contributed by atoms with E-state index in [1.807, 2.05) is 0 Å². The predicted molar refractivity (Wildman–Crippen MR) is 89.7 cm³/mol. The van der Waals surface area contributed by atoms with Gasteiger partial charge in [-0.25, -0.2) is 0 Å². The average Bonchev–Trinajstić information content (AvgIpc) is 3.34. The molecule has 0 radical (unpaired) electrons. The molecule has 4 bridgehead atoms. The van der Waals surface area contributed by atoms with Gasteiger partial charge in [-0.3, -0.25) is 0 Å². The summed E-state index contributed by atoms with van der Waals surface area (Å²) in [6, 6.07) is 0. The summed E-state index contributed by atoms with van der Waals surface area (Å²) in [6.07, 6.45) is -0.972. The molecule has 6 heteroatoms. The summed E-state index contributed by atoms with van der Waals surface area (Å²) in [5.74, 6) is -2.41. The molecule has 0 amide bonds. The molecule has 4 N–H and O–H groups in total. The van der Waals surface area contributed by atoms with Crippen LogP contribution in [0.2, 0.25) is 0 Å². The minimum atomic E-state index is -1.84. The minimum absolute atomic E-state index is 0.00475. The summed E-state index contributed by atoms with van der Waals surface area (Å²) in [5.41, 5.74) is -1.36. The number of rotatable bonds is 0. The first-order valence-electron chi connectivity index (χ1n) is 9.87. The molecule has 0 aromatic rings. The Morgan fingerprint density at radius 1 is 1.12 bits per heavy atom. The molecule has 0 aromatic heterocycles. The van der Waals surface area contributed by atoms with Crippen molar-refractivity contribution in [2.75, 3.05) is 6.61 Å². The van der Waals surface area contributed by atoms with Crippen LogP contribution in [0.15, 0.2) is 12.2 Å². The second-order valence-corrected chi connectivity index (χ2v) is 10.4. The summed E-state index contributed by atoms with van der Waals surface area (Å²) in [4.78, 5) is 0. The van der Waals surface area contributed by atoms with Gasteiger partial charge >= 0.3 is 0 Å². The van der Waals surface area contributed by atoms with Gasteiger partial charge in [0.1, 0.15) is 6.10 Å². The van der Waals surface area contributed by atoms with Crippen molar-refractivity contribution in [1.82, 2.24) is 0 Å². The third kappa shape index (κ3) is 1.33. The Hall–Kier alpha value is -0.500. The molecule has 7 rings (SSSR count). The molecule has 2 spiro atoms. The Morgan fingerprint density at radius 3 is 2.58 bits per heavy atom. The lowest BCUT2D eigenvalue weighted by molar-refractivity contribution is -0.465. The Morgan fingerprint density at radius 2 is 1.85 bits per heavy atom. The first kappa shape index (κ1) is 16.5. The molecule has 4 aliphatic carbocycles. The van der Waals surface area contributed by atoms with E-state index in [1.54, 1.807) is 0 Å². The van der Waals surface area contributed by atoms with Crippen LogP contribution in [-0.2, 0) is 9.47 Å². The van der Waals surface area contributed by atoms with Gasteiger partial charge in [-0.2, -0.15) is 0 Å². The zero-order valence-corrected chi connectivity index (χ0v) is 15.3. The highest BCUT2D eigenvalue weighted by molar-refractivity contribution is 5.40. The number of hydrogen-bond acceptors (Lipinski definition) is 6. The lowest BCUT2D eigenvalue weighted by Crippen LogP contribution is -2.84. The number of aliphatic hydroxyl groups is 4. The smallest absolute Gasteiger partial charge is 0.201 e. The quantitative estimate of drug-likeness (QED) is 0.361. The van der Waals surface area contributed by atoms with Gasteiger partial charge in [0.25, 0.3) is 0 Å². The third-order valence-corrected chi connectivity index (χ3v) is 9.32. The summed E-state index contributed by atoms with van der Waals surface area (Å²) in [7, 11) is 0. The van der Waals surface area contributed by atoms with E-state index in [0.717, 1.165) is 6.42 Å². The number of epoxide rings is 1. The molecule has 0 unspecified atom stereocenters. The van der Waals surface area contributed by atoms with Gasteiger partial charge in [-0.1, -0.05) is 20.4 Å². The SMILES string of the molecule is C=C1[C@H]2C[C@@]3([C@@H]1O)[C@@H]([C@H]1O[C@H]12)[C@@]12CO[C@]3(O)[C@@H](O)[C@@H]1C(C)(C)CC[C@H]2O. The van der Waals surface area contributed by atoms with Crippen LogP contribution in [-0.4, -0.2) is 63.3 Å². The fourth-order valence-corrected chi connectivity index (χ4v) is 8.36. The fourth-order valence-electron chi connectivity index (χ4n) is 8.36. The van der Waals surface area contributed by atoms with Gasteiger partial charge in [-0.15, -0.1) is 0 Å². The Bertz CT molecular complexity index is 721. The van der Waals surface area contributed by atoms with E-state index in [0.29, 0.717) is 18.4 Å². The molecule has 3 aliphatic heterocycles. The zero-order chi connectivity index (χ0) is 18.4. The van der Waals surface area contributed by atoms with Crippen LogP contribution in [0, 0.1) is 34.0 Å². The molecule has 7 aliphatic rings. The number of fused-ring (bicyclic) bond motifs is 4. The van der Waals surface area contributed by atoms with E-state index in [-0.39, 0.29) is 42.0 Å². The van der Waals surface area contributed by atoms with Crippen LogP contribution in [0.4, 0.5) is 0 Å². The monoisotopic (exact) mass is 364 g/mol. The van der Waals surface area contributed by atoms with Gasteiger partial charge in [0, 0.05) is 23.2 Å². The molecule has 4 saturated carbocycles. The van der Waals surface area contributed by atoms with Gasteiger partial charge in [0.15, 0.2) is 0 Å². The maximum atomic E-state index is 11.7. The van der Waals surface area contributed by atoms with Crippen LogP contribution >= 0.6 is 0 Å². The van der Waals surface area contributed by atoms with E-state index in [2.05, 4.69) is 20.4 Å². The molecular formula is C20H28O6. The largest absolute Gasteiger partial charge is 0.392 e. The molecule has 6 nitrogen and oxygen atoms in total. The molecule has 11 atom stereocenters. The maximum absolute atomic E-state index is 11.7. The molecule has 0 aromatic carbocycles. The summed E-state index contributed by atoms with van der Waals surface area (Å²) in [6.45, 7) is 8.49. The van der Waals surface area contributed by atoms with E-state index in [4.69, 9.17) is 9.47 Å². The number of aliphatic hydroxyl groups excluding tert-OH is 3. The van der Waals surface area contributed by atoms with Crippen molar-refractivity contribution in [3.8, 4) is 0 Å². The summed E-state index contributed by atoms with van der Waals surface area (Å²) >= 11 is 0. The summed E-state index contributed by atoms with van der Waals surface area (Å²) in [5, 5.41) is 45.6. The third-order valence-electron chi connectivity index (χ3n) is 9.32. The van der Waals surface area contributed by atoms with E-state index in [1.165, 1.54) is 0 Å². The highest BCUT2D eigenvalue weighted by Crippen LogP contribution is 2.79. The molecule has 3 heterocycles. The van der Waals surface area contributed by atoms with Crippen molar-refractivity contribution in [2.24, 2.45) is 34.0 Å². The summed E-state index contributed by atoms with van der Waals surface area (Å²) < 4.78 is 12.0. The lowest BCUT2D eigenvalue weighted by atomic mass is 9.36. The molecule has 144 valence electrons. The normalized spacial score (nSPS) is 66.8. The first-order valence-corrected chi connectivity index (χ1v) is 9.87. The Labute approximate surface area is 152 Å². The standard InChI is InChI=1S/C20H28O6/c1-8-9-6-19(15(8)22)13(12-11(9)26-12)18-7-25-20(19,24)16(23)14(18)17(2,3)5-4-10(18)21/h9-16,21-24H,1,4-7H2,2-3H3/t9-,10-,11+,12+,13+,14-,15-,16+,18+,19+,20-/m1/s1. The van der Waals surface area contributed by atoms with Crippen LogP contribution in [0.25, 0.3) is 0 Å². The van der Waals surface area contributed by atoms with Crippen molar-refractivity contribution in [3.05, 3.63) is 12.2 Å². The Balaban J connectivity index is 1.64. The van der Waals surface area contributed by atoms with Gasteiger partial charge < -0.3 is 29.9 Å². The van der Waals surface area contributed by atoms with Crippen LogP contribution < -0.4 is 0 Å². The lowest BCUT2D eigenvalue weighted by Gasteiger charge is -2.74. The second kappa shape index (κ2) is 4.24. The van der Waals surface area contributed by atoms with Gasteiger partial charge in [0.05, 0.1) is 36.4 Å². The maximum Gasteiger partial charge on any atom is 0.201 e. The van der Waals surface area contributed by atoms with Crippen molar-refractivity contribution >= 4 is 0 Å². The van der Waals surface area contributed by atoms with Crippen molar-refractivity contribution in [1.29, 1.82) is 0 Å². The fraction of sp³-hybridized carbons (Fsp3) is 0.900.